The molecule has 0 fully saturated rings. The summed E-state index contributed by atoms with van der Waals surface area (Å²) in [6, 6.07) is 50.5. The number of rotatable bonds is 8. The third-order valence-corrected chi connectivity index (χ3v) is 13.9. The molecular formula is C59H51N3. The number of para-hydroxylation sites is 1. The predicted octanol–water partition coefficient (Wildman–Crippen LogP) is 15.8. The first-order valence-electron chi connectivity index (χ1n) is 22.5. The Bertz CT molecular complexity index is 3190. The molecule has 0 saturated heterocycles. The van der Waals surface area contributed by atoms with E-state index in [9.17, 15) is 0 Å². The van der Waals surface area contributed by atoms with Crippen LogP contribution in [0.3, 0.4) is 0 Å². The summed E-state index contributed by atoms with van der Waals surface area (Å²) in [4.78, 5) is 5.13. The Morgan fingerprint density at radius 1 is 0.613 bits per heavy atom. The summed E-state index contributed by atoms with van der Waals surface area (Å²) < 4.78 is 2.52. The number of fused-ring (bicyclic) bond motifs is 6. The van der Waals surface area contributed by atoms with Gasteiger partial charge in [-0.05, 0) is 120 Å². The molecule has 0 bridgehead atoms. The van der Waals surface area contributed by atoms with E-state index < -0.39 is 0 Å². The fourth-order valence-electron chi connectivity index (χ4n) is 10.5. The largest absolute Gasteiger partial charge is 0.396 e. The fourth-order valence-corrected chi connectivity index (χ4v) is 10.5. The van der Waals surface area contributed by atoms with Crippen molar-refractivity contribution in [3.05, 3.63) is 205 Å². The average molecular weight is 802 g/mol. The van der Waals surface area contributed by atoms with Crippen molar-refractivity contribution in [2.75, 3.05) is 5.73 Å². The first-order valence-corrected chi connectivity index (χ1v) is 22.5. The Morgan fingerprint density at radius 3 is 1.98 bits per heavy atom. The second kappa shape index (κ2) is 16.1. The number of anilines is 1. The molecule has 0 radical (unpaired) electrons. The Balaban J connectivity index is 0.759. The number of benzene rings is 7. The minimum absolute atomic E-state index is 0.449. The first-order chi connectivity index (χ1) is 30.6. The van der Waals surface area contributed by atoms with Gasteiger partial charge in [0.25, 0.3) is 0 Å². The average Bonchev–Trinajstić information content (AvgIpc) is 3.68. The van der Waals surface area contributed by atoms with Crippen molar-refractivity contribution in [3.8, 4) is 11.1 Å². The van der Waals surface area contributed by atoms with E-state index >= 15 is 0 Å². The number of hydrogen-bond acceptors (Lipinski definition) is 2. The second-order valence-electron chi connectivity index (χ2n) is 17.4. The molecule has 2 N–H and O–H groups in total. The summed E-state index contributed by atoms with van der Waals surface area (Å²) in [5.74, 6) is 1.56. The second-order valence-corrected chi connectivity index (χ2v) is 17.4. The van der Waals surface area contributed by atoms with Crippen molar-refractivity contribution in [2.24, 2.45) is 16.8 Å². The monoisotopic (exact) mass is 801 g/mol. The van der Waals surface area contributed by atoms with E-state index in [-0.39, 0.29) is 0 Å². The molecule has 3 aliphatic carbocycles. The van der Waals surface area contributed by atoms with Crippen LogP contribution >= 0.6 is 0 Å². The zero-order chi connectivity index (χ0) is 41.6. The summed E-state index contributed by atoms with van der Waals surface area (Å²) in [7, 11) is 0. The van der Waals surface area contributed by atoms with E-state index in [0.29, 0.717) is 23.4 Å². The molecule has 1 heterocycles. The van der Waals surface area contributed by atoms with Gasteiger partial charge in [-0.3, -0.25) is 0 Å². The van der Waals surface area contributed by atoms with Crippen molar-refractivity contribution in [2.45, 2.75) is 50.9 Å². The molecule has 11 rings (SSSR count). The summed E-state index contributed by atoms with van der Waals surface area (Å²) >= 11 is 0. The normalized spacial score (nSPS) is 19.3. The highest BCUT2D eigenvalue weighted by Crippen LogP contribution is 2.42. The number of nitrogen functional groups attached to an aromatic ring is 1. The molecule has 3 aliphatic rings. The van der Waals surface area contributed by atoms with E-state index in [0.717, 1.165) is 51.3 Å². The van der Waals surface area contributed by atoms with E-state index in [1.807, 2.05) is 18.2 Å². The Labute approximate surface area is 364 Å². The van der Waals surface area contributed by atoms with E-state index in [1.54, 1.807) is 0 Å². The van der Waals surface area contributed by atoms with Crippen LogP contribution in [0.25, 0.3) is 65.7 Å². The van der Waals surface area contributed by atoms with Gasteiger partial charge >= 0.3 is 0 Å². The zero-order valence-corrected chi connectivity index (χ0v) is 35.2. The molecular weight excluding hydrogens is 751 g/mol. The van der Waals surface area contributed by atoms with Gasteiger partial charge in [-0.1, -0.05) is 164 Å². The maximum Gasteiger partial charge on any atom is 0.0951 e. The smallest absolute Gasteiger partial charge is 0.0951 e. The molecule has 0 aliphatic heterocycles. The number of allylic oxidation sites excluding steroid dienone is 9. The summed E-state index contributed by atoms with van der Waals surface area (Å²) in [5, 5.41) is 7.04. The Morgan fingerprint density at radius 2 is 1.29 bits per heavy atom. The third kappa shape index (κ3) is 6.83. The van der Waals surface area contributed by atoms with Gasteiger partial charge in [0.05, 0.1) is 28.1 Å². The van der Waals surface area contributed by atoms with Crippen LogP contribution in [-0.4, -0.2) is 10.3 Å². The standard InChI is InChI=1S/C59H51N3/c1-2-55(61-59-53-18-9-7-15-50(53)49-14-6-8-17-52(49)58(59)60)46-34-32-44(33-35-46)42-26-24-40(25-27-42)39-20-22-41(23-21-39)43-28-30-45(31-29-43)47-36-37-57-54(38-47)51-16-10-11-19-56(51)62(57)48-12-4-3-5-13-48/h2,6-12,14-20,22,24-28,30-39,41,43H,1,3-5,13,21,23,29,60H2. The molecule has 62 heavy (non-hydrogen) atoms. The lowest BCUT2D eigenvalue weighted by atomic mass is 9.76. The molecule has 8 aromatic rings. The number of nitrogens with zero attached hydrogens (tertiary/aromatic N) is 2. The van der Waals surface area contributed by atoms with Gasteiger partial charge in [0.15, 0.2) is 0 Å². The summed E-state index contributed by atoms with van der Waals surface area (Å²) in [5.41, 5.74) is 20.6. The number of aliphatic imine (C=N–C) groups is 1. The van der Waals surface area contributed by atoms with Crippen molar-refractivity contribution >= 4 is 71.7 Å². The zero-order valence-electron chi connectivity index (χ0n) is 35.2. The Hall–Kier alpha value is -6.97. The first kappa shape index (κ1) is 38.0. The van der Waals surface area contributed by atoms with Crippen LogP contribution < -0.4 is 5.73 Å². The van der Waals surface area contributed by atoms with Gasteiger partial charge in [0.1, 0.15) is 0 Å². The lowest BCUT2D eigenvalue weighted by Crippen LogP contribution is -2.16. The summed E-state index contributed by atoms with van der Waals surface area (Å²) in [6.45, 7) is 4.13. The molecule has 3 unspecified atom stereocenters. The van der Waals surface area contributed by atoms with Crippen LogP contribution in [0.15, 0.2) is 194 Å². The highest BCUT2D eigenvalue weighted by molar-refractivity contribution is 6.21. The molecule has 7 aromatic carbocycles. The number of hydrogen-bond donors (Lipinski definition) is 1. The van der Waals surface area contributed by atoms with Crippen LogP contribution in [0.5, 0.6) is 0 Å². The molecule has 0 amide bonds. The highest BCUT2D eigenvalue weighted by Gasteiger charge is 2.25. The minimum Gasteiger partial charge on any atom is -0.396 e. The predicted molar refractivity (Wildman–Crippen MR) is 266 cm³/mol. The molecule has 0 saturated carbocycles. The van der Waals surface area contributed by atoms with Gasteiger partial charge in [-0.25, -0.2) is 4.99 Å². The van der Waals surface area contributed by atoms with Crippen molar-refractivity contribution < 1.29 is 0 Å². The molecule has 1 aromatic heterocycles. The van der Waals surface area contributed by atoms with E-state index in [2.05, 4.69) is 175 Å². The quantitative estimate of drug-likeness (QED) is 0.0707. The van der Waals surface area contributed by atoms with Crippen LogP contribution in [0.4, 0.5) is 11.4 Å². The SMILES string of the molecule is C=CC(=Nc1c(N)c2ccccc2c2ccccc12)c1ccc(-c2ccc(C3C=CC(C4C=CC(c5ccc6c(c5)c5ccccc5n6C5=CCCCC5)=CC4)CC3)cc2)cc1. The molecule has 0 spiro atoms. The van der Waals surface area contributed by atoms with Gasteiger partial charge in [-0.15, -0.1) is 0 Å². The third-order valence-electron chi connectivity index (χ3n) is 13.9. The number of nitrogens with two attached hydrogens (primary N) is 1. The lowest BCUT2D eigenvalue weighted by molar-refractivity contribution is 0.408. The number of aromatic nitrogens is 1. The lowest BCUT2D eigenvalue weighted by Gasteiger charge is -2.29. The van der Waals surface area contributed by atoms with Crippen LogP contribution in [-0.2, 0) is 0 Å². The molecule has 302 valence electrons. The maximum atomic E-state index is 6.79. The van der Waals surface area contributed by atoms with Crippen LogP contribution in [0, 0.1) is 11.8 Å². The van der Waals surface area contributed by atoms with E-state index in [4.69, 9.17) is 10.7 Å². The minimum atomic E-state index is 0.449. The molecule has 3 atom stereocenters. The van der Waals surface area contributed by atoms with Crippen molar-refractivity contribution in [3.63, 3.8) is 0 Å². The van der Waals surface area contributed by atoms with Crippen molar-refractivity contribution in [1.82, 2.24) is 4.57 Å². The summed E-state index contributed by atoms with van der Waals surface area (Å²) in [6.07, 6.45) is 25.0. The van der Waals surface area contributed by atoms with E-state index in [1.165, 1.54) is 87.4 Å². The Kier molecular flexibility index (Phi) is 9.89. The topological polar surface area (TPSA) is 43.3 Å². The van der Waals surface area contributed by atoms with Crippen LogP contribution in [0.1, 0.15) is 67.6 Å². The van der Waals surface area contributed by atoms with Gasteiger partial charge < -0.3 is 10.3 Å². The highest BCUT2D eigenvalue weighted by atomic mass is 15.0. The van der Waals surface area contributed by atoms with Crippen molar-refractivity contribution in [1.29, 1.82) is 0 Å². The molecule has 3 heteroatoms. The van der Waals surface area contributed by atoms with Gasteiger partial charge in [0, 0.05) is 38.7 Å². The van der Waals surface area contributed by atoms with Gasteiger partial charge in [-0.2, -0.15) is 0 Å². The van der Waals surface area contributed by atoms with Crippen LogP contribution in [0.2, 0.25) is 0 Å². The molecule has 3 nitrogen and oxygen atoms in total. The van der Waals surface area contributed by atoms with Gasteiger partial charge in [0.2, 0.25) is 0 Å². The maximum absolute atomic E-state index is 6.79. The fraction of sp³-hybridized carbons (Fsp3) is 0.169.